The van der Waals surface area contributed by atoms with Gasteiger partial charge in [0.25, 0.3) is 0 Å². The number of piperidine rings is 1. The van der Waals surface area contributed by atoms with Crippen molar-refractivity contribution in [3.63, 3.8) is 0 Å². The van der Waals surface area contributed by atoms with Gasteiger partial charge in [0.2, 0.25) is 0 Å². The van der Waals surface area contributed by atoms with Crippen molar-refractivity contribution in [1.82, 2.24) is 4.90 Å². The second-order valence-electron chi connectivity index (χ2n) is 6.40. The molecule has 0 saturated carbocycles. The fourth-order valence-electron chi connectivity index (χ4n) is 4.02. The average Bonchev–Trinajstić information content (AvgIpc) is 2.81. The van der Waals surface area contributed by atoms with Crippen molar-refractivity contribution in [2.75, 3.05) is 21.3 Å². The fraction of sp³-hybridized carbons (Fsp3) is 0.556. The highest BCUT2D eigenvalue weighted by Crippen LogP contribution is 2.41. The summed E-state index contributed by atoms with van der Waals surface area (Å²) < 4.78 is 16.3. The molecular weight excluding hydrogens is 310 g/mol. The third-order valence-corrected chi connectivity index (χ3v) is 5.28. The van der Waals surface area contributed by atoms with E-state index in [1.807, 2.05) is 13.1 Å². The second-order valence-corrected chi connectivity index (χ2v) is 6.40. The van der Waals surface area contributed by atoms with Gasteiger partial charge in [-0.15, -0.1) is 0 Å². The smallest absolute Gasteiger partial charge is 0.338 e. The molecule has 0 N–H and O–H groups in total. The fourth-order valence-corrected chi connectivity index (χ4v) is 4.02. The molecule has 2 heterocycles. The van der Waals surface area contributed by atoms with Crippen molar-refractivity contribution in [2.45, 2.75) is 37.1 Å². The van der Waals surface area contributed by atoms with Crippen LogP contribution in [0.15, 0.2) is 30.3 Å². The van der Waals surface area contributed by atoms with Crippen molar-refractivity contribution in [3.05, 3.63) is 35.9 Å². The minimum absolute atomic E-state index is 0.0348. The molecule has 130 valence electrons. The zero-order valence-corrected chi connectivity index (χ0v) is 14.2. The summed E-state index contributed by atoms with van der Waals surface area (Å²) in [7, 11) is 5.03. The summed E-state index contributed by atoms with van der Waals surface area (Å²) in [5.41, 5.74) is 0.482. The Balaban J connectivity index is 1.83. The van der Waals surface area contributed by atoms with E-state index in [9.17, 15) is 9.59 Å². The molecule has 0 aromatic heterocycles. The summed E-state index contributed by atoms with van der Waals surface area (Å²) in [6, 6.07) is 8.91. The van der Waals surface area contributed by atoms with Crippen LogP contribution in [0.25, 0.3) is 0 Å². The first-order chi connectivity index (χ1) is 11.6. The van der Waals surface area contributed by atoms with Gasteiger partial charge in [0.05, 0.1) is 18.8 Å². The van der Waals surface area contributed by atoms with Crippen molar-refractivity contribution in [3.8, 4) is 0 Å². The van der Waals surface area contributed by atoms with Gasteiger partial charge >= 0.3 is 11.9 Å². The predicted molar refractivity (Wildman–Crippen MR) is 86.5 cm³/mol. The van der Waals surface area contributed by atoms with E-state index < -0.39 is 18.0 Å². The molecule has 6 heteroatoms. The van der Waals surface area contributed by atoms with Crippen LogP contribution in [0, 0.1) is 5.92 Å². The number of esters is 2. The third kappa shape index (κ3) is 2.91. The molecule has 0 spiro atoms. The van der Waals surface area contributed by atoms with E-state index in [1.54, 1.807) is 31.4 Å². The Kier molecular flexibility index (Phi) is 4.87. The largest absolute Gasteiger partial charge is 0.469 e. The molecule has 0 unspecified atom stereocenters. The summed E-state index contributed by atoms with van der Waals surface area (Å²) in [4.78, 5) is 26.9. The SMILES string of the molecule is COC(=O)[C@@H]1[C@@H](OC(=O)c2ccccc2)C[C@@H]2[C@@H](OC)C[C@H]1N2C. The van der Waals surface area contributed by atoms with Gasteiger partial charge in [-0.05, 0) is 25.6 Å². The van der Waals surface area contributed by atoms with Crippen LogP contribution >= 0.6 is 0 Å². The van der Waals surface area contributed by atoms with Crippen LogP contribution in [-0.4, -0.2) is 62.4 Å². The van der Waals surface area contributed by atoms with Crippen LogP contribution in [0.5, 0.6) is 0 Å². The van der Waals surface area contributed by atoms with Gasteiger partial charge in [-0.25, -0.2) is 4.79 Å². The number of ether oxygens (including phenoxy) is 3. The summed E-state index contributed by atoms with van der Waals surface area (Å²) in [6.07, 6.45) is 0.824. The lowest BCUT2D eigenvalue weighted by Gasteiger charge is -2.40. The van der Waals surface area contributed by atoms with E-state index in [4.69, 9.17) is 14.2 Å². The standard InChI is InChI=1S/C18H23NO5/c1-19-12-9-15(24-17(20)11-7-5-4-6-8-11)16(18(21)23-3)13(19)10-14(12)22-2/h4-8,12-16H,9-10H2,1-3H3/t12-,13-,14+,15+,16+/m1/s1. The van der Waals surface area contributed by atoms with Gasteiger partial charge in [-0.1, -0.05) is 18.2 Å². The van der Waals surface area contributed by atoms with Crippen LogP contribution in [0.3, 0.4) is 0 Å². The molecule has 2 fully saturated rings. The summed E-state index contributed by atoms with van der Waals surface area (Å²) in [5, 5.41) is 0. The van der Waals surface area contributed by atoms with Crippen LogP contribution in [0.4, 0.5) is 0 Å². The summed E-state index contributed by atoms with van der Waals surface area (Å²) in [5.74, 6) is -1.25. The van der Waals surface area contributed by atoms with Gasteiger partial charge in [-0.3, -0.25) is 9.69 Å². The molecule has 0 radical (unpaired) electrons. The first kappa shape index (κ1) is 16.9. The number of carbonyl (C=O) groups excluding carboxylic acids is 2. The molecule has 2 aliphatic rings. The van der Waals surface area contributed by atoms with E-state index in [0.717, 1.165) is 6.42 Å². The molecule has 0 aliphatic carbocycles. The van der Waals surface area contributed by atoms with Crippen molar-refractivity contribution >= 4 is 11.9 Å². The highest BCUT2D eigenvalue weighted by atomic mass is 16.6. The summed E-state index contributed by atoms with van der Waals surface area (Å²) >= 11 is 0. The lowest BCUT2D eigenvalue weighted by molar-refractivity contribution is -0.156. The molecule has 5 atom stereocenters. The predicted octanol–water partition coefficient (Wildman–Crippen LogP) is 1.49. The maximum Gasteiger partial charge on any atom is 0.338 e. The molecule has 24 heavy (non-hydrogen) atoms. The number of carbonyl (C=O) groups is 2. The topological polar surface area (TPSA) is 65.1 Å². The van der Waals surface area contributed by atoms with E-state index in [1.165, 1.54) is 7.11 Å². The Labute approximate surface area is 141 Å². The zero-order chi connectivity index (χ0) is 17.3. The van der Waals surface area contributed by atoms with Crippen molar-refractivity contribution < 1.29 is 23.8 Å². The van der Waals surface area contributed by atoms with Gasteiger partial charge in [0, 0.05) is 25.6 Å². The number of likely N-dealkylation sites (N-methyl/N-ethyl adjacent to an activating group) is 1. The molecule has 1 aromatic rings. The number of hydrogen-bond donors (Lipinski definition) is 0. The quantitative estimate of drug-likeness (QED) is 0.778. The number of benzene rings is 1. The minimum Gasteiger partial charge on any atom is -0.469 e. The average molecular weight is 333 g/mol. The molecule has 3 rings (SSSR count). The minimum atomic E-state index is -0.503. The summed E-state index contributed by atoms with van der Waals surface area (Å²) in [6.45, 7) is 0. The first-order valence-corrected chi connectivity index (χ1v) is 8.15. The second kappa shape index (κ2) is 6.91. The Hall–Kier alpha value is -1.92. The van der Waals surface area contributed by atoms with Crippen molar-refractivity contribution in [1.29, 1.82) is 0 Å². The third-order valence-electron chi connectivity index (χ3n) is 5.28. The Morgan fingerprint density at radius 1 is 1.04 bits per heavy atom. The lowest BCUT2D eigenvalue weighted by Crippen LogP contribution is -2.54. The molecule has 1 aromatic carbocycles. The first-order valence-electron chi connectivity index (χ1n) is 8.15. The van der Waals surface area contributed by atoms with Gasteiger partial charge in [0.15, 0.2) is 0 Å². The lowest BCUT2D eigenvalue weighted by atomic mass is 9.87. The zero-order valence-electron chi connectivity index (χ0n) is 14.2. The highest BCUT2D eigenvalue weighted by Gasteiger charge is 2.55. The molecule has 2 saturated heterocycles. The normalized spacial score (nSPS) is 32.4. The Morgan fingerprint density at radius 2 is 1.71 bits per heavy atom. The van der Waals surface area contributed by atoms with E-state index >= 15 is 0 Å². The van der Waals surface area contributed by atoms with Crippen LogP contribution < -0.4 is 0 Å². The molecule has 0 amide bonds. The maximum absolute atomic E-state index is 12.4. The monoisotopic (exact) mass is 333 g/mol. The Bertz CT molecular complexity index is 605. The molecule has 2 bridgehead atoms. The van der Waals surface area contributed by atoms with Gasteiger partial charge in [-0.2, -0.15) is 0 Å². The van der Waals surface area contributed by atoms with Crippen LogP contribution in [-0.2, 0) is 19.0 Å². The highest BCUT2D eigenvalue weighted by molar-refractivity contribution is 5.89. The van der Waals surface area contributed by atoms with E-state index in [-0.39, 0.29) is 24.2 Å². The van der Waals surface area contributed by atoms with E-state index in [2.05, 4.69) is 4.90 Å². The van der Waals surface area contributed by atoms with E-state index in [0.29, 0.717) is 12.0 Å². The van der Waals surface area contributed by atoms with Gasteiger partial charge in [0.1, 0.15) is 12.0 Å². The van der Waals surface area contributed by atoms with Crippen LogP contribution in [0.1, 0.15) is 23.2 Å². The number of methoxy groups -OCH3 is 2. The van der Waals surface area contributed by atoms with Crippen LogP contribution in [0.2, 0.25) is 0 Å². The molecule has 6 nitrogen and oxygen atoms in total. The maximum atomic E-state index is 12.4. The number of rotatable bonds is 4. The van der Waals surface area contributed by atoms with Crippen molar-refractivity contribution in [2.24, 2.45) is 5.92 Å². The molecule has 2 aliphatic heterocycles. The Morgan fingerprint density at radius 3 is 2.33 bits per heavy atom. The molecular formula is C18H23NO5. The number of hydrogen-bond acceptors (Lipinski definition) is 6. The van der Waals surface area contributed by atoms with Gasteiger partial charge < -0.3 is 14.2 Å². The number of fused-ring (bicyclic) bond motifs is 2. The number of nitrogens with zero attached hydrogens (tertiary/aromatic N) is 1.